The molecule has 0 bridgehead atoms. The molecule has 1 heterocycles. The molecule has 0 spiro atoms. The maximum absolute atomic E-state index is 8.68. The molecule has 0 saturated carbocycles. The maximum Gasteiger partial charge on any atom is 0.137 e. The van der Waals surface area contributed by atoms with E-state index in [1.807, 2.05) is 6.92 Å². The van der Waals surface area contributed by atoms with E-state index in [0.717, 1.165) is 36.7 Å². The summed E-state index contributed by atoms with van der Waals surface area (Å²) in [6.45, 7) is 8.66. The Morgan fingerprint density at radius 2 is 2.17 bits per heavy atom. The predicted octanol–water partition coefficient (Wildman–Crippen LogP) is 2.35. The van der Waals surface area contributed by atoms with Crippen LogP contribution in [0.2, 0.25) is 0 Å². The van der Waals surface area contributed by atoms with Gasteiger partial charge >= 0.3 is 0 Å². The minimum atomic E-state index is 0.509. The van der Waals surface area contributed by atoms with Crippen LogP contribution in [0.15, 0.2) is 6.33 Å². The smallest absolute Gasteiger partial charge is 0.137 e. The Hall–Kier alpha value is -1.83. The largest absolute Gasteiger partial charge is 0.370 e. The highest BCUT2D eigenvalue weighted by Gasteiger charge is 2.12. The first-order valence-corrected chi connectivity index (χ1v) is 6.41. The predicted molar refractivity (Wildman–Crippen MR) is 73.7 cm³/mol. The zero-order valence-electron chi connectivity index (χ0n) is 11.4. The topological polar surface area (TPSA) is 64.8 Å². The van der Waals surface area contributed by atoms with Crippen molar-refractivity contribution >= 4 is 11.6 Å². The van der Waals surface area contributed by atoms with Gasteiger partial charge in [0.25, 0.3) is 0 Å². The van der Waals surface area contributed by atoms with Crippen LogP contribution in [-0.4, -0.2) is 29.6 Å². The van der Waals surface area contributed by atoms with E-state index in [-0.39, 0.29) is 0 Å². The normalized spacial score (nSPS) is 9.89. The van der Waals surface area contributed by atoms with Gasteiger partial charge in [-0.05, 0) is 20.3 Å². The highest BCUT2D eigenvalue weighted by molar-refractivity contribution is 5.57. The molecule has 0 unspecified atom stereocenters. The molecule has 1 aromatic rings. The summed E-state index contributed by atoms with van der Waals surface area (Å²) < 4.78 is 0. The standard InChI is InChI=1S/C13H21N5/c1-4-8-15-12-11(3)13(17-10-16-12)18(5-2)9-6-7-14/h10H,4-6,8-9H2,1-3H3,(H,15,16,17). The number of hydrogen-bond donors (Lipinski definition) is 1. The van der Waals surface area contributed by atoms with Crippen molar-refractivity contribution in [1.82, 2.24) is 9.97 Å². The summed E-state index contributed by atoms with van der Waals surface area (Å²) in [6, 6.07) is 2.17. The minimum absolute atomic E-state index is 0.509. The van der Waals surface area contributed by atoms with Crippen molar-refractivity contribution in [3.8, 4) is 6.07 Å². The molecule has 1 rings (SSSR count). The van der Waals surface area contributed by atoms with Crippen molar-refractivity contribution in [2.45, 2.75) is 33.6 Å². The molecule has 0 amide bonds. The van der Waals surface area contributed by atoms with Crippen LogP contribution in [-0.2, 0) is 0 Å². The van der Waals surface area contributed by atoms with Crippen LogP contribution in [0, 0.1) is 18.3 Å². The summed E-state index contributed by atoms with van der Waals surface area (Å²) in [5.41, 5.74) is 1.05. The lowest BCUT2D eigenvalue weighted by molar-refractivity contribution is 0.802. The van der Waals surface area contributed by atoms with E-state index in [0.29, 0.717) is 13.0 Å². The van der Waals surface area contributed by atoms with Gasteiger partial charge in [0.15, 0.2) is 0 Å². The van der Waals surface area contributed by atoms with Gasteiger partial charge in [0, 0.05) is 25.2 Å². The molecule has 1 N–H and O–H groups in total. The van der Waals surface area contributed by atoms with Gasteiger partial charge in [0.05, 0.1) is 12.5 Å². The Labute approximate surface area is 109 Å². The Morgan fingerprint density at radius 1 is 1.39 bits per heavy atom. The van der Waals surface area contributed by atoms with Gasteiger partial charge in [-0.3, -0.25) is 0 Å². The van der Waals surface area contributed by atoms with E-state index in [4.69, 9.17) is 5.26 Å². The Bertz CT molecular complexity index is 410. The minimum Gasteiger partial charge on any atom is -0.370 e. The van der Waals surface area contributed by atoms with E-state index >= 15 is 0 Å². The lowest BCUT2D eigenvalue weighted by Crippen LogP contribution is -2.26. The maximum atomic E-state index is 8.68. The third kappa shape index (κ3) is 3.59. The van der Waals surface area contributed by atoms with Crippen LogP contribution < -0.4 is 10.2 Å². The van der Waals surface area contributed by atoms with Gasteiger partial charge in [-0.1, -0.05) is 6.92 Å². The summed E-state index contributed by atoms with van der Waals surface area (Å²) in [5.74, 6) is 1.80. The van der Waals surface area contributed by atoms with E-state index in [1.165, 1.54) is 0 Å². The quantitative estimate of drug-likeness (QED) is 0.801. The molecule has 0 fully saturated rings. The van der Waals surface area contributed by atoms with Crippen molar-refractivity contribution in [2.75, 3.05) is 29.9 Å². The van der Waals surface area contributed by atoms with Crippen LogP contribution in [0.1, 0.15) is 32.3 Å². The molecule has 1 aromatic heterocycles. The first kappa shape index (κ1) is 14.2. The zero-order chi connectivity index (χ0) is 13.4. The van der Waals surface area contributed by atoms with Crippen molar-refractivity contribution in [3.05, 3.63) is 11.9 Å². The van der Waals surface area contributed by atoms with Gasteiger partial charge < -0.3 is 10.2 Å². The summed E-state index contributed by atoms with van der Waals surface area (Å²) in [6.07, 6.45) is 3.15. The molecule has 0 atom stereocenters. The molecule has 0 saturated heterocycles. The number of nitrogens with zero attached hydrogens (tertiary/aromatic N) is 4. The average Bonchev–Trinajstić information content (AvgIpc) is 2.40. The third-order valence-corrected chi connectivity index (χ3v) is 2.77. The van der Waals surface area contributed by atoms with Crippen molar-refractivity contribution in [3.63, 3.8) is 0 Å². The fourth-order valence-electron chi connectivity index (χ4n) is 1.78. The van der Waals surface area contributed by atoms with Gasteiger partial charge in [0.2, 0.25) is 0 Å². The Morgan fingerprint density at radius 3 is 2.78 bits per heavy atom. The van der Waals surface area contributed by atoms with Crippen LogP contribution in [0.3, 0.4) is 0 Å². The molecule has 98 valence electrons. The van der Waals surface area contributed by atoms with Crippen molar-refractivity contribution in [1.29, 1.82) is 5.26 Å². The lowest BCUT2D eigenvalue weighted by Gasteiger charge is -2.23. The van der Waals surface area contributed by atoms with E-state index in [1.54, 1.807) is 6.33 Å². The SMILES string of the molecule is CCCNc1ncnc(N(CC)CCC#N)c1C. The number of aromatic nitrogens is 2. The van der Waals surface area contributed by atoms with Gasteiger partial charge in [-0.25, -0.2) is 9.97 Å². The molecule has 18 heavy (non-hydrogen) atoms. The molecule has 0 aliphatic carbocycles. The summed E-state index contributed by atoms with van der Waals surface area (Å²) in [4.78, 5) is 10.7. The second-order valence-corrected chi connectivity index (χ2v) is 4.09. The number of anilines is 2. The summed E-state index contributed by atoms with van der Waals surface area (Å²) in [7, 11) is 0. The molecule has 0 aromatic carbocycles. The molecule has 5 nitrogen and oxygen atoms in total. The number of hydrogen-bond acceptors (Lipinski definition) is 5. The molecule has 0 aliphatic rings. The summed E-state index contributed by atoms with van der Waals surface area (Å²) >= 11 is 0. The first-order valence-electron chi connectivity index (χ1n) is 6.41. The van der Waals surface area contributed by atoms with Crippen molar-refractivity contribution in [2.24, 2.45) is 0 Å². The van der Waals surface area contributed by atoms with Gasteiger partial charge in [-0.2, -0.15) is 5.26 Å². The van der Waals surface area contributed by atoms with Crippen LogP contribution in [0.4, 0.5) is 11.6 Å². The van der Waals surface area contributed by atoms with Gasteiger partial charge in [-0.15, -0.1) is 0 Å². The molecule has 5 heteroatoms. The molecule has 0 aliphatic heterocycles. The van der Waals surface area contributed by atoms with Crippen LogP contribution in [0.5, 0.6) is 0 Å². The van der Waals surface area contributed by atoms with Crippen LogP contribution >= 0.6 is 0 Å². The molecular weight excluding hydrogens is 226 g/mol. The zero-order valence-corrected chi connectivity index (χ0v) is 11.4. The fraction of sp³-hybridized carbons (Fsp3) is 0.615. The Balaban J connectivity index is 2.90. The van der Waals surface area contributed by atoms with Gasteiger partial charge in [0.1, 0.15) is 18.0 Å². The highest BCUT2D eigenvalue weighted by Crippen LogP contribution is 2.22. The lowest BCUT2D eigenvalue weighted by atomic mass is 10.2. The number of rotatable bonds is 7. The van der Waals surface area contributed by atoms with Crippen molar-refractivity contribution < 1.29 is 0 Å². The van der Waals surface area contributed by atoms with E-state index in [2.05, 4.69) is 40.1 Å². The molecular formula is C13H21N5. The average molecular weight is 247 g/mol. The highest BCUT2D eigenvalue weighted by atomic mass is 15.2. The third-order valence-electron chi connectivity index (χ3n) is 2.77. The number of nitrogens with one attached hydrogen (secondary N) is 1. The molecule has 0 radical (unpaired) electrons. The Kier molecular flexibility index (Phi) is 5.92. The van der Waals surface area contributed by atoms with E-state index in [9.17, 15) is 0 Å². The monoisotopic (exact) mass is 247 g/mol. The first-order chi connectivity index (χ1) is 8.74. The van der Waals surface area contributed by atoms with E-state index < -0.39 is 0 Å². The number of nitriles is 1. The summed E-state index contributed by atoms with van der Waals surface area (Å²) in [5, 5.41) is 12.0. The second-order valence-electron chi connectivity index (χ2n) is 4.09. The second kappa shape index (κ2) is 7.49. The van der Waals surface area contributed by atoms with Crippen LogP contribution in [0.25, 0.3) is 0 Å². The fourth-order valence-corrected chi connectivity index (χ4v) is 1.78.